The molecule has 10 nitrogen and oxygen atoms in total. The number of aliphatic hydroxyl groups is 1. The number of aliphatic imine (C=N–C) groups is 1. The molecule has 5 atom stereocenters. The standard InChI is InChI=1S/C27H27ClF3N7O3S2/c28-20-9-14(29)1-4-19(20)24-23(21-5-7-37(34-21)27(30)31)22-10-15(13-36(22)25(33-24)26-32-6-8-42-26)35-43(40,41)38-16-2-3-17(38)12-18(39)11-16/h1,4-9,15-18,24,27,35,39H,2-3,10-13H2/t15-,16-,17?,18?,24-/m0/s1. The van der Waals surface area contributed by atoms with Crippen molar-refractivity contribution < 1.29 is 26.7 Å². The lowest BCUT2D eigenvalue weighted by Gasteiger charge is -2.36. The van der Waals surface area contributed by atoms with Gasteiger partial charge in [-0.1, -0.05) is 17.7 Å². The van der Waals surface area contributed by atoms with Crippen LogP contribution in [0.1, 0.15) is 61.0 Å². The monoisotopic (exact) mass is 653 g/mol. The van der Waals surface area contributed by atoms with E-state index in [0.717, 1.165) is 12.3 Å². The number of nitrogens with one attached hydrogen (secondary N) is 1. The third-order valence-corrected chi connectivity index (χ3v) is 11.3. The van der Waals surface area contributed by atoms with Crippen LogP contribution in [0.15, 0.2) is 52.7 Å². The molecule has 0 saturated carbocycles. The Hall–Kier alpha value is -2.82. The van der Waals surface area contributed by atoms with E-state index in [1.54, 1.807) is 11.6 Å². The van der Waals surface area contributed by atoms with Crippen molar-refractivity contribution in [2.45, 2.75) is 68.9 Å². The zero-order valence-electron chi connectivity index (χ0n) is 22.5. The van der Waals surface area contributed by atoms with Gasteiger partial charge in [-0.05, 0) is 43.9 Å². The highest BCUT2D eigenvalue weighted by atomic mass is 35.5. The maximum absolute atomic E-state index is 14.1. The Morgan fingerprint density at radius 3 is 2.58 bits per heavy atom. The summed E-state index contributed by atoms with van der Waals surface area (Å²) >= 11 is 7.86. The summed E-state index contributed by atoms with van der Waals surface area (Å²) in [5, 5.41) is 16.8. The SMILES string of the molecule is O=S(=O)(N[C@H]1CC2=C(c3ccn(C(F)F)n3)[C@H](c3ccc(F)cc3Cl)N=C(c3nccs3)N2C1)N1C2CC[C@H]1CC(O)C2. The average Bonchev–Trinajstić information content (AvgIpc) is 3.74. The van der Waals surface area contributed by atoms with Gasteiger partial charge in [-0.2, -0.15) is 31.3 Å². The fraction of sp³-hybridized carbons (Fsp3) is 0.444. The van der Waals surface area contributed by atoms with E-state index in [0.29, 0.717) is 58.0 Å². The molecule has 0 radical (unpaired) electrons. The van der Waals surface area contributed by atoms with Crippen molar-refractivity contribution in [3.8, 4) is 0 Å². The van der Waals surface area contributed by atoms with Crippen molar-refractivity contribution >= 4 is 44.6 Å². The third kappa shape index (κ3) is 5.19. The molecule has 4 aliphatic heterocycles. The van der Waals surface area contributed by atoms with Crippen molar-refractivity contribution in [3.05, 3.63) is 74.8 Å². The Morgan fingerprint density at radius 1 is 1.16 bits per heavy atom. The van der Waals surface area contributed by atoms with Crippen LogP contribution in [0, 0.1) is 5.82 Å². The molecular weight excluding hydrogens is 627 g/mol. The number of aliphatic hydroxyl groups excluding tert-OH is 1. The van der Waals surface area contributed by atoms with Crippen molar-refractivity contribution in [1.29, 1.82) is 0 Å². The molecule has 0 spiro atoms. The van der Waals surface area contributed by atoms with E-state index in [2.05, 4.69) is 14.8 Å². The maximum Gasteiger partial charge on any atom is 0.333 e. The Bertz CT molecular complexity index is 1700. The predicted molar refractivity (Wildman–Crippen MR) is 154 cm³/mol. The molecule has 2 unspecified atom stereocenters. The Kier molecular flexibility index (Phi) is 7.37. The summed E-state index contributed by atoms with van der Waals surface area (Å²) in [6.45, 7) is -2.66. The van der Waals surface area contributed by atoms with Crippen LogP contribution >= 0.6 is 22.9 Å². The summed E-state index contributed by atoms with van der Waals surface area (Å²) in [5.74, 6) is -0.0728. The average molecular weight is 654 g/mol. The highest BCUT2D eigenvalue weighted by Gasteiger charge is 2.48. The van der Waals surface area contributed by atoms with Gasteiger partial charge >= 0.3 is 6.55 Å². The van der Waals surface area contributed by atoms with Gasteiger partial charge in [0.25, 0.3) is 10.2 Å². The minimum absolute atomic E-state index is 0.102. The fourth-order valence-corrected chi connectivity index (χ4v) is 9.58. The van der Waals surface area contributed by atoms with Crippen molar-refractivity contribution in [3.63, 3.8) is 0 Å². The number of piperidine rings is 1. The lowest BCUT2D eigenvalue weighted by atomic mass is 9.92. The van der Waals surface area contributed by atoms with E-state index >= 15 is 0 Å². The summed E-state index contributed by atoms with van der Waals surface area (Å²) in [6, 6.07) is 3.40. The molecule has 1 aromatic carbocycles. The van der Waals surface area contributed by atoms with Crippen LogP contribution in [0.5, 0.6) is 0 Å². The van der Waals surface area contributed by atoms with E-state index in [1.807, 2.05) is 4.90 Å². The normalized spacial score (nSPS) is 27.7. The number of thiazole rings is 1. The molecule has 3 fully saturated rings. The van der Waals surface area contributed by atoms with Crippen LogP contribution in [0.4, 0.5) is 13.2 Å². The lowest BCUT2D eigenvalue weighted by Crippen LogP contribution is -2.54. The van der Waals surface area contributed by atoms with Gasteiger partial charge in [0, 0.05) is 70.7 Å². The highest BCUT2D eigenvalue weighted by molar-refractivity contribution is 7.87. The molecule has 228 valence electrons. The molecule has 0 aliphatic carbocycles. The topological polar surface area (TPSA) is 116 Å². The molecular formula is C27H27ClF3N7O3S2. The summed E-state index contributed by atoms with van der Waals surface area (Å²) < 4.78 is 73.6. The van der Waals surface area contributed by atoms with Gasteiger partial charge in [0.05, 0.1) is 11.8 Å². The zero-order valence-corrected chi connectivity index (χ0v) is 24.9. The first-order valence-corrected chi connectivity index (χ1v) is 16.5. The molecule has 0 amide bonds. The number of hydrogen-bond acceptors (Lipinski definition) is 8. The van der Waals surface area contributed by atoms with Crippen molar-refractivity contribution in [2.75, 3.05) is 6.54 Å². The number of hydrogen-bond donors (Lipinski definition) is 2. The molecule has 2 aromatic heterocycles. The largest absolute Gasteiger partial charge is 0.393 e. The Morgan fingerprint density at radius 2 is 1.93 bits per heavy atom. The van der Waals surface area contributed by atoms with Crippen LogP contribution in [-0.4, -0.2) is 74.1 Å². The van der Waals surface area contributed by atoms with Gasteiger partial charge in [-0.3, -0.25) is 4.99 Å². The second-order valence-electron chi connectivity index (χ2n) is 11.2. The molecule has 3 aromatic rings. The van der Waals surface area contributed by atoms with Crippen LogP contribution in [0.25, 0.3) is 5.57 Å². The lowest BCUT2D eigenvalue weighted by molar-refractivity contribution is 0.0564. The van der Waals surface area contributed by atoms with E-state index < -0.39 is 40.8 Å². The van der Waals surface area contributed by atoms with Gasteiger partial charge in [0.1, 0.15) is 11.9 Å². The number of amidine groups is 1. The first-order chi connectivity index (χ1) is 20.6. The van der Waals surface area contributed by atoms with E-state index in [1.165, 1.54) is 33.8 Å². The number of rotatable bonds is 7. The number of alkyl halides is 2. The molecule has 16 heteroatoms. The predicted octanol–water partition coefficient (Wildman–Crippen LogP) is 4.34. The summed E-state index contributed by atoms with van der Waals surface area (Å²) in [5.41, 5.74) is 1.77. The molecule has 6 heterocycles. The molecule has 7 rings (SSSR count). The van der Waals surface area contributed by atoms with Gasteiger partial charge in [-0.15, -0.1) is 11.3 Å². The summed E-state index contributed by atoms with van der Waals surface area (Å²) in [4.78, 5) is 11.3. The number of halogens is 4. The van der Waals surface area contributed by atoms with Gasteiger partial charge in [0.2, 0.25) is 0 Å². The van der Waals surface area contributed by atoms with Crippen LogP contribution in [0.3, 0.4) is 0 Å². The van der Waals surface area contributed by atoms with E-state index in [4.69, 9.17) is 16.6 Å². The van der Waals surface area contributed by atoms with E-state index in [-0.39, 0.29) is 35.8 Å². The number of benzene rings is 1. The molecule has 2 bridgehead atoms. The first-order valence-electron chi connectivity index (χ1n) is 13.8. The Labute approximate surface area is 254 Å². The second kappa shape index (κ2) is 11.0. The molecule has 2 N–H and O–H groups in total. The number of nitrogens with zero attached hydrogens (tertiary/aromatic N) is 6. The minimum atomic E-state index is -3.92. The number of aromatic nitrogens is 3. The van der Waals surface area contributed by atoms with Crippen molar-refractivity contribution in [2.24, 2.45) is 4.99 Å². The fourth-order valence-electron chi connectivity index (χ4n) is 6.80. The van der Waals surface area contributed by atoms with Gasteiger partial charge < -0.3 is 10.0 Å². The van der Waals surface area contributed by atoms with Gasteiger partial charge in [0.15, 0.2) is 10.8 Å². The first kappa shape index (κ1) is 28.9. The highest BCUT2D eigenvalue weighted by Crippen LogP contribution is 2.46. The van der Waals surface area contributed by atoms with Crippen LogP contribution < -0.4 is 4.72 Å². The smallest absolute Gasteiger partial charge is 0.333 e. The molecule has 4 aliphatic rings. The number of fused-ring (bicyclic) bond motifs is 3. The summed E-state index contributed by atoms with van der Waals surface area (Å²) in [6.07, 6.45) is 4.68. The van der Waals surface area contributed by atoms with E-state index in [9.17, 15) is 26.7 Å². The summed E-state index contributed by atoms with van der Waals surface area (Å²) in [7, 11) is -3.92. The van der Waals surface area contributed by atoms with Crippen LogP contribution in [0.2, 0.25) is 5.02 Å². The Balaban J connectivity index is 1.31. The van der Waals surface area contributed by atoms with Crippen molar-refractivity contribution in [1.82, 2.24) is 28.7 Å². The third-order valence-electron chi connectivity index (χ3n) is 8.46. The molecule has 43 heavy (non-hydrogen) atoms. The minimum Gasteiger partial charge on any atom is -0.393 e. The maximum atomic E-state index is 14.1. The van der Waals surface area contributed by atoms with Gasteiger partial charge in [-0.25, -0.2) is 14.1 Å². The molecule has 3 saturated heterocycles. The zero-order chi connectivity index (χ0) is 30.0. The quantitative estimate of drug-likeness (QED) is 0.392. The van der Waals surface area contributed by atoms with Crippen LogP contribution in [-0.2, 0) is 10.2 Å². The second-order valence-corrected chi connectivity index (χ2v) is 14.1.